The third kappa shape index (κ3) is 2.55. The zero-order valence-electron chi connectivity index (χ0n) is 12.9. The molecule has 0 saturated carbocycles. The fraction of sp³-hybridized carbons (Fsp3) is 0.211. The van der Waals surface area contributed by atoms with Gasteiger partial charge in [0, 0.05) is 10.0 Å². The van der Waals surface area contributed by atoms with Crippen molar-refractivity contribution < 1.29 is 4.79 Å². The van der Waals surface area contributed by atoms with Crippen molar-refractivity contribution in [3.63, 3.8) is 0 Å². The molecule has 3 aromatic rings. The molecular weight excluding hydrogens is 338 g/mol. The largest absolute Gasteiger partial charge is 0.300 e. The number of rotatable bonds is 3. The van der Waals surface area contributed by atoms with E-state index in [0.717, 1.165) is 20.8 Å². The van der Waals surface area contributed by atoms with Crippen molar-refractivity contribution in [1.82, 2.24) is 4.90 Å². The number of nitrogens with zero attached hydrogens (tertiary/aromatic N) is 1. The van der Waals surface area contributed by atoms with E-state index in [4.69, 9.17) is 0 Å². The number of halogens is 1. The van der Waals surface area contributed by atoms with E-state index < -0.39 is 0 Å². The van der Waals surface area contributed by atoms with Crippen LogP contribution in [0.4, 0.5) is 0 Å². The number of fused-ring (bicyclic) bond motifs is 3. The molecule has 112 valence electrons. The van der Waals surface area contributed by atoms with Gasteiger partial charge in [0.1, 0.15) is 0 Å². The Morgan fingerprint density at radius 3 is 2.36 bits per heavy atom. The molecule has 0 fully saturated rings. The Kier molecular flexibility index (Phi) is 4.02. The quantitative estimate of drug-likeness (QED) is 0.492. The molecule has 3 heteroatoms. The van der Waals surface area contributed by atoms with Gasteiger partial charge in [-0.3, -0.25) is 9.69 Å². The summed E-state index contributed by atoms with van der Waals surface area (Å²) in [6, 6.07) is 16.2. The van der Waals surface area contributed by atoms with Crippen LogP contribution in [0.2, 0.25) is 0 Å². The summed E-state index contributed by atoms with van der Waals surface area (Å²) in [5.41, 5.74) is 0.765. The highest BCUT2D eigenvalue weighted by atomic mass is 79.9. The molecule has 0 bridgehead atoms. The van der Waals surface area contributed by atoms with Crippen molar-refractivity contribution in [1.29, 1.82) is 0 Å². The minimum Gasteiger partial charge on any atom is -0.300 e. The molecule has 0 amide bonds. The second-order valence-corrected chi connectivity index (χ2v) is 6.70. The maximum atomic E-state index is 12.6. The lowest BCUT2D eigenvalue weighted by molar-refractivity contribution is 0.0891. The zero-order chi connectivity index (χ0) is 15.9. The molecule has 1 atom stereocenters. The first-order valence-corrected chi connectivity index (χ1v) is 8.10. The van der Waals surface area contributed by atoms with Crippen LogP contribution in [0.3, 0.4) is 0 Å². The third-order valence-electron chi connectivity index (χ3n) is 4.25. The highest BCUT2D eigenvalue weighted by molar-refractivity contribution is 9.10. The Morgan fingerprint density at radius 2 is 1.68 bits per heavy atom. The van der Waals surface area contributed by atoms with Crippen LogP contribution in [-0.4, -0.2) is 30.8 Å². The Bertz CT molecular complexity index is 870. The minimum atomic E-state index is -0.126. The number of Topliss-reactive ketones (excluding diaryl/α,β-unsaturated/α-hetero) is 1. The zero-order valence-corrected chi connectivity index (χ0v) is 14.5. The maximum Gasteiger partial charge on any atom is 0.179 e. The second kappa shape index (κ2) is 5.82. The first kappa shape index (κ1) is 15.2. The molecule has 22 heavy (non-hydrogen) atoms. The molecule has 0 aliphatic carbocycles. The van der Waals surface area contributed by atoms with Gasteiger partial charge in [-0.05, 0) is 54.7 Å². The van der Waals surface area contributed by atoms with Crippen molar-refractivity contribution in [2.45, 2.75) is 13.0 Å². The van der Waals surface area contributed by atoms with Crippen LogP contribution in [0, 0.1) is 0 Å². The smallest absolute Gasteiger partial charge is 0.179 e. The molecule has 3 rings (SSSR count). The summed E-state index contributed by atoms with van der Waals surface area (Å²) in [5.74, 6) is 0.152. The number of benzene rings is 3. The van der Waals surface area contributed by atoms with Gasteiger partial charge in [-0.2, -0.15) is 0 Å². The van der Waals surface area contributed by atoms with Crippen LogP contribution in [-0.2, 0) is 0 Å². The highest BCUT2D eigenvalue weighted by Crippen LogP contribution is 2.32. The molecule has 0 heterocycles. The van der Waals surface area contributed by atoms with E-state index in [1.165, 1.54) is 10.8 Å². The maximum absolute atomic E-state index is 12.6. The first-order chi connectivity index (χ1) is 10.5. The average Bonchev–Trinajstić information content (AvgIpc) is 2.53. The molecule has 0 aromatic heterocycles. The lowest BCUT2D eigenvalue weighted by Crippen LogP contribution is -2.32. The number of hydrogen-bond acceptors (Lipinski definition) is 2. The predicted octanol–water partition coefficient (Wildman–Crippen LogP) is 4.89. The number of hydrogen-bond donors (Lipinski definition) is 0. The predicted molar refractivity (Wildman–Crippen MR) is 96.6 cm³/mol. The SMILES string of the molecule is CC(C(=O)c1ccc2cc(Br)c3ccccc3c2c1)N(C)C. The first-order valence-electron chi connectivity index (χ1n) is 7.30. The third-order valence-corrected chi connectivity index (χ3v) is 4.90. The van der Waals surface area contributed by atoms with Gasteiger partial charge >= 0.3 is 0 Å². The van der Waals surface area contributed by atoms with Gasteiger partial charge in [0.15, 0.2) is 5.78 Å². The van der Waals surface area contributed by atoms with Gasteiger partial charge in [-0.15, -0.1) is 0 Å². The second-order valence-electron chi connectivity index (χ2n) is 5.84. The van der Waals surface area contributed by atoms with Crippen molar-refractivity contribution in [2.24, 2.45) is 0 Å². The molecular formula is C19H18BrNO. The van der Waals surface area contributed by atoms with Crippen LogP contribution in [0.1, 0.15) is 17.3 Å². The van der Waals surface area contributed by atoms with Crippen LogP contribution in [0.15, 0.2) is 53.0 Å². The molecule has 0 aliphatic heterocycles. The van der Waals surface area contributed by atoms with E-state index in [2.05, 4.69) is 34.1 Å². The lowest BCUT2D eigenvalue weighted by Gasteiger charge is -2.18. The minimum absolute atomic E-state index is 0.126. The van der Waals surface area contributed by atoms with Crippen LogP contribution < -0.4 is 0 Å². The summed E-state index contributed by atoms with van der Waals surface area (Å²) in [6.07, 6.45) is 0. The van der Waals surface area contributed by atoms with E-state index in [9.17, 15) is 4.79 Å². The molecule has 0 radical (unpaired) electrons. The van der Waals surface area contributed by atoms with Crippen LogP contribution in [0.5, 0.6) is 0 Å². The van der Waals surface area contributed by atoms with Crippen molar-refractivity contribution in [2.75, 3.05) is 14.1 Å². The van der Waals surface area contributed by atoms with E-state index in [1.807, 2.05) is 56.3 Å². The van der Waals surface area contributed by atoms with E-state index in [1.54, 1.807) is 0 Å². The van der Waals surface area contributed by atoms with Crippen molar-refractivity contribution in [3.05, 3.63) is 58.6 Å². The monoisotopic (exact) mass is 355 g/mol. The lowest BCUT2D eigenvalue weighted by atomic mass is 9.97. The Morgan fingerprint density at radius 1 is 1.00 bits per heavy atom. The molecule has 0 N–H and O–H groups in total. The van der Waals surface area contributed by atoms with Gasteiger partial charge < -0.3 is 0 Å². The summed E-state index contributed by atoms with van der Waals surface area (Å²) in [6.45, 7) is 1.94. The van der Waals surface area contributed by atoms with Gasteiger partial charge in [-0.1, -0.05) is 52.3 Å². The molecule has 0 spiro atoms. The number of carbonyl (C=O) groups is 1. The van der Waals surface area contributed by atoms with E-state index in [0.29, 0.717) is 0 Å². The van der Waals surface area contributed by atoms with Gasteiger partial charge in [0.25, 0.3) is 0 Å². The summed E-state index contributed by atoms with van der Waals surface area (Å²) in [5, 5.41) is 4.59. The van der Waals surface area contributed by atoms with Crippen LogP contribution >= 0.6 is 15.9 Å². The summed E-state index contributed by atoms with van der Waals surface area (Å²) in [4.78, 5) is 14.5. The molecule has 1 unspecified atom stereocenters. The summed E-state index contributed by atoms with van der Waals surface area (Å²) in [7, 11) is 3.85. The molecule has 0 aliphatic rings. The van der Waals surface area contributed by atoms with Crippen LogP contribution in [0.25, 0.3) is 21.5 Å². The fourth-order valence-corrected chi connectivity index (χ4v) is 3.28. The van der Waals surface area contributed by atoms with E-state index in [-0.39, 0.29) is 11.8 Å². The Balaban J connectivity index is 2.23. The fourth-order valence-electron chi connectivity index (χ4n) is 2.68. The van der Waals surface area contributed by atoms with E-state index >= 15 is 0 Å². The van der Waals surface area contributed by atoms with Gasteiger partial charge in [0.05, 0.1) is 6.04 Å². The number of ketones is 1. The van der Waals surface area contributed by atoms with Gasteiger partial charge in [0.2, 0.25) is 0 Å². The highest BCUT2D eigenvalue weighted by Gasteiger charge is 2.17. The Labute approximate surface area is 138 Å². The molecule has 2 nitrogen and oxygen atoms in total. The summed E-state index contributed by atoms with van der Waals surface area (Å²) < 4.78 is 1.08. The number of likely N-dealkylation sites (N-methyl/N-ethyl adjacent to an activating group) is 1. The topological polar surface area (TPSA) is 20.3 Å². The van der Waals surface area contributed by atoms with Gasteiger partial charge in [-0.25, -0.2) is 0 Å². The number of carbonyl (C=O) groups excluding carboxylic acids is 1. The Hall–Kier alpha value is -1.71. The average molecular weight is 356 g/mol. The molecule has 0 saturated heterocycles. The molecule has 3 aromatic carbocycles. The van der Waals surface area contributed by atoms with Crippen molar-refractivity contribution >= 4 is 43.3 Å². The normalized spacial score (nSPS) is 13.0. The van der Waals surface area contributed by atoms with Crippen molar-refractivity contribution in [3.8, 4) is 0 Å². The standard InChI is InChI=1S/C19H18BrNO/c1-12(21(2)3)19(22)14-9-8-13-11-18(20)16-7-5-4-6-15(16)17(13)10-14/h4-12H,1-3H3. The summed E-state index contributed by atoms with van der Waals surface area (Å²) >= 11 is 3.63.